The summed E-state index contributed by atoms with van der Waals surface area (Å²) in [5, 5.41) is 12.5. The van der Waals surface area contributed by atoms with E-state index in [0.29, 0.717) is 18.0 Å². The molecule has 33 heavy (non-hydrogen) atoms. The van der Waals surface area contributed by atoms with Gasteiger partial charge in [0, 0.05) is 12.1 Å². The molecule has 1 amide bonds. The monoisotopic (exact) mass is 443 g/mol. The quantitative estimate of drug-likeness (QED) is 0.562. The summed E-state index contributed by atoms with van der Waals surface area (Å²) in [7, 11) is 1.45. The Labute approximate surface area is 192 Å². The van der Waals surface area contributed by atoms with E-state index in [1.807, 2.05) is 37.3 Å². The van der Waals surface area contributed by atoms with Gasteiger partial charge in [-0.2, -0.15) is 0 Å². The van der Waals surface area contributed by atoms with Crippen molar-refractivity contribution in [3.05, 3.63) is 76.9 Å². The van der Waals surface area contributed by atoms with Gasteiger partial charge in [-0.05, 0) is 77.9 Å². The second kappa shape index (κ2) is 7.96. The van der Waals surface area contributed by atoms with Crippen LogP contribution in [-0.2, 0) is 16.6 Å². The highest BCUT2D eigenvalue weighted by Crippen LogP contribution is 2.50. The molecule has 168 valence electrons. The minimum Gasteiger partial charge on any atom is -0.496 e. The minimum absolute atomic E-state index is 0.00465. The smallest absolute Gasteiger partial charge is 0.339 e. The Hall–Kier alpha value is -3.80. The molecule has 5 rings (SSSR count). The maximum atomic E-state index is 13.3. The summed E-state index contributed by atoms with van der Waals surface area (Å²) in [4.78, 5) is 24.7. The van der Waals surface area contributed by atoms with Gasteiger partial charge in [-0.25, -0.2) is 4.79 Å². The number of methoxy groups -OCH3 is 1. The maximum Gasteiger partial charge on any atom is 0.339 e. The van der Waals surface area contributed by atoms with E-state index in [2.05, 4.69) is 11.4 Å². The SMILES string of the molecule is COc1cc(-c2cc(NC(=O)C3(c4ccc5c(c4)CCO5)CC3)ccc2C)ccc1C(=O)O. The number of aromatic carboxylic acids is 1. The first kappa shape index (κ1) is 21.1. The summed E-state index contributed by atoms with van der Waals surface area (Å²) >= 11 is 0. The van der Waals surface area contributed by atoms with E-state index in [1.165, 1.54) is 18.7 Å². The van der Waals surface area contributed by atoms with Gasteiger partial charge in [0.15, 0.2) is 0 Å². The van der Waals surface area contributed by atoms with Gasteiger partial charge in [0.25, 0.3) is 0 Å². The predicted octanol–water partition coefficient (Wildman–Crippen LogP) is 4.97. The molecule has 1 aliphatic carbocycles. The summed E-state index contributed by atoms with van der Waals surface area (Å²) in [5.41, 5.74) is 5.28. The van der Waals surface area contributed by atoms with E-state index < -0.39 is 11.4 Å². The number of hydrogen-bond donors (Lipinski definition) is 2. The number of amides is 1. The predicted molar refractivity (Wildman–Crippen MR) is 125 cm³/mol. The molecule has 6 heteroatoms. The second-order valence-electron chi connectivity index (χ2n) is 8.71. The number of nitrogens with one attached hydrogen (secondary N) is 1. The van der Waals surface area contributed by atoms with Crippen LogP contribution < -0.4 is 14.8 Å². The molecule has 3 aromatic carbocycles. The fourth-order valence-corrected chi connectivity index (χ4v) is 4.55. The number of aryl methyl sites for hydroxylation is 1. The van der Waals surface area contributed by atoms with Crippen LogP contribution in [0.5, 0.6) is 11.5 Å². The average Bonchev–Trinajstić information content (AvgIpc) is 3.50. The van der Waals surface area contributed by atoms with Crippen molar-refractivity contribution in [3.63, 3.8) is 0 Å². The van der Waals surface area contributed by atoms with Crippen molar-refractivity contribution in [2.45, 2.75) is 31.6 Å². The fourth-order valence-electron chi connectivity index (χ4n) is 4.55. The number of hydrogen-bond acceptors (Lipinski definition) is 4. The van der Waals surface area contributed by atoms with Crippen LogP contribution in [0.3, 0.4) is 0 Å². The van der Waals surface area contributed by atoms with Crippen molar-refractivity contribution in [1.82, 2.24) is 0 Å². The molecule has 0 radical (unpaired) electrons. The average molecular weight is 443 g/mol. The van der Waals surface area contributed by atoms with Crippen molar-refractivity contribution in [3.8, 4) is 22.6 Å². The van der Waals surface area contributed by atoms with Gasteiger partial charge in [0.1, 0.15) is 17.1 Å². The lowest BCUT2D eigenvalue weighted by atomic mass is 9.92. The molecule has 2 aliphatic rings. The first-order valence-corrected chi connectivity index (χ1v) is 11.0. The molecule has 6 nitrogen and oxygen atoms in total. The first-order valence-electron chi connectivity index (χ1n) is 11.0. The lowest BCUT2D eigenvalue weighted by Crippen LogP contribution is -2.27. The van der Waals surface area contributed by atoms with E-state index in [0.717, 1.165) is 47.3 Å². The van der Waals surface area contributed by atoms with Crippen molar-refractivity contribution >= 4 is 17.6 Å². The first-order chi connectivity index (χ1) is 15.9. The third-order valence-electron chi connectivity index (χ3n) is 6.67. The third kappa shape index (κ3) is 3.71. The van der Waals surface area contributed by atoms with Gasteiger partial charge in [-0.1, -0.05) is 24.3 Å². The van der Waals surface area contributed by atoms with Gasteiger partial charge in [0.05, 0.1) is 19.1 Å². The Kier molecular flexibility index (Phi) is 5.08. The highest BCUT2D eigenvalue weighted by atomic mass is 16.5. The number of rotatable bonds is 6. The van der Waals surface area contributed by atoms with Crippen LogP contribution in [0, 0.1) is 6.92 Å². The number of carboxylic acids is 1. The number of benzene rings is 3. The standard InChI is InChI=1S/C27H25NO5/c1-16-3-6-20(15-22(16)17-4-7-21(25(29)30)24(14-17)32-2)28-26(31)27(10-11-27)19-5-8-23-18(13-19)9-12-33-23/h3-8,13-15H,9-12H2,1-2H3,(H,28,31)(H,29,30). The highest BCUT2D eigenvalue weighted by molar-refractivity contribution is 6.02. The Bertz CT molecular complexity index is 1280. The zero-order valence-corrected chi connectivity index (χ0v) is 18.6. The third-order valence-corrected chi connectivity index (χ3v) is 6.67. The van der Waals surface area contributed by atoms with E-state index in [4.69, 9.17) is 9.47 Å². The minimum atomic E-state index is -1.04. The van der Waals surface area contributed by atoms with Gasteiger partial charge < -0.3 is 19.9 Å². The van der Waals surface area contributed by atoms with Crippen LogP contribution in [0.15, 0.2) is 54.6 Å². The Morgan fingerprint density at radius 1 is 1.06 bits per heavy atom. The molecule has 1 heterocycles. The van der Waals surface area contributed by atoms with Gasteiger partial charge in [-0.15, -0.1) is 0 Å². The molecule has 1 saturated carbocycles. The van der Waals surface area contributed by atoms with Crippen LogP contribution in [0.2, 0.25) is 0 Å². The van der Waals surface area contributed by atoms with Crippen LogP contribution in [0.1, 0.15) is 39.9 Å². The van der Waals surface area contributed by atoms with Crippen molar-refractivity contribution < 1.29 is 24.2 Å². The molecular weight excluding hydrogens is 418 g/mol. The number of anilines is 1. The largest absolute Gasteiger partial charge is 0.496 e. The molecule has 0 aromatic heterocycles. The zero-order chi connectivity index (χ0) is 23.2. The van der Waals surface area contributed by atoms with Crippen LogP contribution in [0.25, 0.3) is 11.1 Å². The molecule has 0 saturated heterocycles. The summed E-state index contributed by atoms with van der Waals surface area (Å²) in [6.07, 6.45) is 2.53. The van der Waals surface area contributed by atoms with E-state index in [1.54, 1.807) is 12.1 Å². The lowest BCUT2D eigenvalue weighted by Gasteiger charge is -2.18. The maximum absolute atomic E-state index is 13.3. The molecule has 0 bridgehead atoms. The number of carbonyl (C=O) groups is 2. The molecule has 3 aromatic rings. The number of carboxylic acid groups (broad SMARTS) is 1. The summed E-state index contributed by atoms with van der Waals surface area (Å²) in [5.74, 6) is 0.174. The van der Waals surface area contributed by atoms with Crippen molar-refractivity contribution in [2.75, 3.05) is 19.0 Å². The molecule has 2 N–H and O–H groups in total. The number of fused-ring (bicyclic) bond motifs is 1. The second-order valence-corrected chi connectivity index (χ2v) is 8.71. The Morgan fingerprint density at radius 3 is 2.61 bits per heavy atom. The van der Waals surface area contributed by atoms with Crippen LogP contribution in [0.4, 0.5) is 5.69 Å². The van der Waals surface area contributed by atoms with E-state index >= 15 is 0 Å². The topological polar surface area (TPSA) is 84.9 Å². The Balaban J connectivity index is 1.42. The Morgan fingerprint density at radius 2 is 1.88 bits per heavy atom. The number of carbonyl (C=O) groups excluding carboxylic acids is 1. The van der Waals surface area contributed by atoms with Crippen molar-refractivity contribution in [2.24, 2.45) is 0 Å². The summed E-state index contributed by atoms with van der Waals surface area (Å²) in [6.45, 7) is 2.68. The van der Waals surface area contributed by atoms with Gasteiger partial charge >= 0.3 is 5.97 Å². The molecule has 0 unspecified atom stereocenters. The fraction of sp³-hybridized carbons (Fsp3) is 0.259. The highest BCUT2D eigenvalue weighted by Gasteiger charge is 2.51. The van der Waals surface area contributed by atoms with Crippen LogP contribution >= 0.6 is 0 Å². The molecule has 1 aliphatic heterocycles. The zero-order valence-electron chi connectivity index (χ0n) is 18.6. The lowest BCUT2D eigenvalue weighted by molar-refractivity contribution is -0.118. The van der Waals surface area contributed by atoms with E-state index in [-0.39, 0.29) is 11.5 Å². The van der Waals surface area contributed by atoms with Gasteiger partial charge in [0.2, 0.25) is 5.91 Å². The number of ether oxygens (including phenoxy) is 2. The van der Waals surface area contributed by atoms with Gasteiger partial charge in [-0.3, -0.25) is 4.79 Å². The molecule has 1 fully saturated rings. The van der Waals surface area contributed by atoms with Crippen LogP contribution in [-0.4, -0.2) is 30.7 Å². The van der Waals surface area contributed by atoms with E-state index in [9.17, 15) is 14.7 Å². The normalized spacial score (nSPS) is 15.3. The molecule has 0 atom stereocenters. The summed E-state index contributed by atoms with van der Waals surface area (Å²) in [6, 6.07) is 16.9. The molecular formula is C27H25NO5. The molecule has 0 spiro atoms. The van der Waals surface area contributed by atoms with Crippen molar-refractivity contribution in [1.29, 1.82) is 0 Å². The summed E-state index contributed by atoms with van der Waals surface area (Å²) < 4.78 is 10.9.